The molecule has 1 aliphatic heterocycles. The van der Waals surface area contributed by atoms with Crippen molar-refractivity contribution in [3.05, 3.63) is 23.8 Å². The van der Waals surface area contributed by atoms with Gasteiger partial charge in [0.1, 0.15) is 0 Å². The smallest absolute Gasteiger partial charge is 0.161 e. The van der Waals surface area contributed by atoms with E-state index in [-0.39, 0.29) is 0 Å². The molecule has 2 atom stereocenters. The number of rotatable bonds is 7. The van der Waals surface area contributed by atoms with Crippen LogP contribution in [0.15, 0.2) is 18.2 Å². The summed E-state index contributed by atoms with van der Waals surface area (Å²) in [5.41, 5.74) is 0.870. The van der Waals surface area contributed by atoms with Crippen molar-refractivity contribution in [1.82, 2.24) is 0 Å². The molecular formula is C16H24O4. The third-order valence-electron chi connectivity index (χ3n) is 3.82. The molecule has 0 spiro atoms. The van der Waals surface area contributed by atoms with E-state index in [1.54, 1.807) is 14.2 Å². The van der Waals surface area contributed by atoms with Gasteiger partial charge in [0.05, 0.1) is 26.4 Å². The Morgan fingerprint density at radius 3 is 2.75 bits per heavy atom. The summed E-state index contributed by atoms with van der Waals surface area (Å²) in [5.74, 6) is 1.34. The zero-order valence-corrected chi connectivity index (χ0v) is 12.3. The van der Waals surface area contributed by atoms with Crippen LogP contribution in [0.1, 0.15) is 43.8 Å². The number of aliphatic hydroxyl groups excluding tert-OH is 1. The van der Waals surface area contributed by atoms with Crippen molar-refractivity contribution in [2.24, 2.45) is 0 Å². The fraction of sp³-hybridized carbons (Fsp3) is 0.625. The molecule has 2 rings (SSSR count). The first-order valence-corrected chi connectivity index (χ1v) is 7.26. The van der Waals surface area contributed by atoms with Gasteiger partial charge in [-0.05, 0) is 49.8 Å². The Morgan fingerprint density at radius 2 is 2.10 bits per heavy atom. The van der Waals surface area contributed by atoms with E-state index in [1.165, 1.54) is 6.42 Å². The second kappa shape index (κ2) is 7.50. The van der Waals surface area contributed by atoms with E-state index < -0.39 is 6.10 Å². The van der Waals surface area contributed by atoms with Crippen molar-refractivity contribution < 1.29 is 19.3 Å². The van der Waals surface area contributed by atoms with Crippen LogP contribution < -0.4 is 9.47 Å². The normalized spacial score (nSPS) is 19.9. The minimum absolute atomic E-state index is 0.396. The van der Waals surface area contributed by atoms with Gasteiger partial charge < -0.3 is 19.3 Å². The van der Waals surface area contributed by atoms with Gasteiger partial charge in [-0.3, -0.25) is 0 Å². The van der Waals surface area contributed by atoms with Gasteiger partial charge in [-0.25, -0.2) is 0 Å². The van der Waals surface area contributed by atoms with Gasteiger partial charge in [-0.2, -0.15) is 0 Å². The number of benzene rings is 1. The topological polar surface area (TPSA) is 47.9 Å². The zero-order valence-electron chi connectivity index (χ0n) is 12.3. The first-order valence-electron chi connectivity index (χ1n) is 7.26. The molecule has 4 heteroatoms. The molecule has 4 nitrogen and oxygen atoms in total. The Morgan fingerprint density at radius 1 is 1.30 bits per heavy atom. The van der Waals surface area contributed by atoms with Crippen LogP contribution in [-0.4, -0.2) is 32.0 Å². The molecule has 0 aromatic heterocycles. The van der Waals surface area contributed by atoms with E-state index in [0.717, 1.165) is 37.9 Å². The van der Waals surface area contributed by atoms with Crippen LogP contribution in [-0.2, 0) is 4.74 Å². The number of hydrogen-bond donors (Lipinski definition) is 1. The van der Waals surface area contributed by atoms with Crippen LogP contribution in [0, 0.1) is 0 Å². The van der Waals surface area contributed by atoms with Crippen LogP contribution in [0.25, 0.3) is 0 Å². The highest BCUT2D eigenvalue weighted by Gasteiger charge is 2.16. The van der Waals surface area contributed by atoms with Gasteiger partial charge in [0.15, 0.2) is 11.5 Å². The zero-order chi connectivity index (χ0) is 14.4. The maximum absolute atomic E-state index is 10.2. The number of ether oxygens (including phenoxy) is 3. The van der Waals surface area contributed by atoms with Crippen LogP contribution in [0.5, 0.6) is 11.5 Å². The summed E-state index contributed by atoms with van der Waals surface area (Å²) in [5, 5.41) is 10.2. The summed E-state index contributed by atoms with van der Waals surface area (Å²) in [4.78, 5) is 0. The lowest BCUT2D eigenvalue weighted by atomic mass is 10.0. The molecule has 1 heterocycles. The van der Waals surface area contributed by atoms with Crippen molar-refractivity contribution in [2.45, 2.75) is 44.3 Å². The van der Waals surface area contributed by atoms with Gasteiger partial charge in [0, 0.05) is 6.61 Å². The molecule has 2 unspecified atom stereocenters. The molecule has 0 aliphatic carbocycles. The predicted octanol–water partition coefficient (Wildman–Crippen LogP) is 3.09. The lowest BCUT2D eigenvalue weighted by Crippen LogP contribution is -2.06. The maximum atomic E-state index is 10.2. The van der Waals surface area contributed by atoms with E-state index in [4.69, 9.17) is 14.2 Å². The Kier molecular flexibility index (Phi) is 5.68. The number of methoxy groups -OCH3 is 2. The monoisotopic (exact) mass is 280 g/mol. The van der Waals surface area contributed by atoms with Crippen LogP contribution >= 0.6 is 0 Å². The van der Waals surface area contributed by atoms with Crippen molar-refractivity contribution in [2.75, 3.05) is 20.8 Å². The maximum Gasteiger partial charge on any atom is 0.161 e. The number of aliphatic hydroxyl groups is 1. The van der Waals surface area contributed by atoms with E-state index in [1.807, 2.05) is 18.2 Å². The Balaban J connectivity index is 1.86. The van der Waals surface area contributed by atoms with E-state index >= 15 is 0 Å². The summed E-state index contributed by atoms with van der Waals surface area (Å²) < 4.78 is 16.0. The Labute approximate surface area is 120 Å². The minimum Gasteiger partial charge on any atom is -0.493 e. The van der Waals surface area contributed by atoms with Gasteiger partial charge in [-0.1, -0.05) is 6.07 Å². The third kappa shape index (κ3) is 3.87. The summed E-state index contributed by atoms with van der Waals surface area (Å²) in [6.45, 7) is 0.892. The van der Waals surface area contributed by atoms with Crippen LogP contribution in [0.2, 0.25) is 0 Å². The highest BCUT2D eigenvalue weighted by atomic mass is 16.5. The summed E-state index contributed by atoms with van der Waals surface area (Å²) in [6, 6.07) is 5.56. The van der Waals surface area contributed by atoms with Gasteiger partial charge in [0.25, 0.3) is 0 Å². The fourth-order valence-corrected chi connectivity index (χ4v) is 2.64. The molecule has 1 saturated heterocycles. The molecule has 1 aromatic carbocycles. The molecule has 0 bridgehead atoms. The molecule has 20 heavy (non-hydrogen) atoms. The van der Waals surface area contributed by atoms with Crippen LogP contribution in [0.4, 0.5) is 0 Å². The highest BCUT2D eigenvalue weighted by molar-refractivity contribution is 5.43. The molecule has 0 amide bonds. The Bertz CT molecular complexity index is 413. The van der Waals surface area contributed by atoms with Crippen molar-refractivity contribution in [3.8, 4) is 11.5 Å². The summed E-state index contributed by atoms with van der Waals surface area (Å²) >= 11 is 0. The van der Waals surface area contributed by atoms with Crippen molar-refractivity contribution >= 4 is 0 Å². The quantitative estimate of drug-likeness (QED) is 0.834. The lowest BCUT2D eigenvalue weighted by Gasteiger charge is -2.15. The molecule has 1 aromatic rings. The van der Waals surface area contributed by atoms with Crippen molar-refractivity contribution in [1.29, 1.82) is 0 Å². The second-order valence-corrected chi connectivity index (χ2v) is 5.20. The summed E-state index contributed by atoms with van der Waals surface area (Å²) in [7, 11) is 3.21. The SMILES string of the molecule is COc1ccc(C(O)CCCC2CCCO2)cc1OC. The third-order valence-corrected chi connectivity index (χ3v) is 3.82. The molecule has 1 fully saturated rings. The van der Waals surface area contributed by atoms with Gasteiger partial charge in [-0.15, -0.1) is 0 Å². The predicted molar refractivity (Wildman–Crippen MR) is 77.3 cm³/mol. The Hall–Kier alpha value is -1.26. The minimum atomic E-state index is -0.462. The van der Waals surface area contributed by atoms with E-state index in [9.17, 15) is 5.11 Å². The average Bonchev–Trinajstić information content (AvgIpc) is 2.99. The lowest BCUT2D eigenvalue weighted by molar-refractivity contribution is 0.0944. The fourth-order valence-electron chi connectivity index (χ4n) is 2.64. The summed E-state index contributed by atoms with van der Waals surface area (Å²) in [6.07, 6.45) is 5.01. The van der Waals surface area contributed by atoms with Gasteiger partial charge >= 0.3 is 0 Å². The first kappa shape index (κ1) is 15.1. The molecular weight excluding hydrogens is 256 g/mol. The standard InChI is InChI=1S/C16H24O4/c1-18-15-9-8-12(11-16(15)19-2)14(17)7-3-5-13-6-4-10-20-13/h8-9,11,13-14,17H,3-7,10H2,1-2H3. The first-order chi connectivity index (χ1) is 9.74. The molecule has 0 radical (unpaired) electrons. The largest absolute Gasteiger partial charge is 0.493 e. The van der Waals surface area contributed by atoms with E-state index in [2.05, 4.69) is 0 Å². The average molecular weight is 280 g/mol. The second-order valence-electron chi connectivity index (χ2n) is 5.20. The molecule has 0 saturated carbocycles. The van der Waals surface area contributed by atoms with Crippen LogP contribution in [0.3, 0.4) is 0 Å². The van der Waals surface area contributed by atoms with Crippen molar-refractivity contribution in [3.63, 3.8) is 0 Å². The highest BCUT2D eigenvalue weighted by Crippen LogP contribution is 2.31. The van der Waals surface area contributed by atoms with E-state index in [0.29, 0.717) is 17.6 Å². The molecule has 112 valence electrons. The molecule has 1 aliphatic rings. The molecule has 1 N–H and O–H groups in total. The number of hydrogen-bond acceptors (Lipinski definition) is 4. The van der Waals surface area contributed by atoms with Gasteiger partial charge in [0.2, 0.25) is 0 Å².